The van der Waals surface area contributed by atoms with E-state index >= 15 is 0 Å². The van der Waals surface area contributed by atoms with Crippen molar-refractivity contribution in [1.82, 2.24) is 15.0 Å². The average molecular weight is 217 g/mol. The predicted molar refractivity (Wildman–Crippen MR) is 57.1 cm³/mol. The number of aromatic nitrogens is 3. The van der Waals surface area contributed by atoms with Gasteiger partial charge >= 0.3 is 5.97 Å². The van der Waals surface area contributed by atoms with Gasteiger partial charge in [-0.2, -0.15) is 0 Å². The van der Waals surface area contributed by atoms with Crippen LogP contribution in [0.4, 0.5) is 0 Å². The number of benzene rings is 1. The first-order chi connectivity index (χ1) is 7.75. The molecule has 5 heteroatoms. The molecule has 5 nitrogen and oxygen atoms in total. The second-order valence-corrected chi connectivity index (χ2v) is 3.41. The fraction of sp³-hybridized carbons (Fsp3) is 0.182. The number of rotatable bonds is 4. The third kappa shape index (κ3) is 2.44. The van der Waals surface area contributed by atoms with Crippen molar-refractivity contribution >= 4 is 5.97 Å². The van der Waals surface area contributed by atoms with Gasteiger partial charge in [-0.05, 0) is 12.0 Å². The number of aromatic carboxylic acids is 1. The molecule has 0 aliphatic rings. The monoisotopic (exact) mass is 217 g/mol. The molecule has 0 spiro atoms. The minimum atomic E-state index is -1.05. The lowest BCUT2D eigenvalue weighted by atomic mass is 10.1. The van der Waals surface area contributed by atoms with E-state index in [9.17, 15) is 4.79 Å². The Morgan fingerprint density at radius 1 is 1.31 bits per heavy atom. The lowest BCUT2D eigenvalue weighted by molar-refractivity contribution is 0.0690. The fourth-order valence-corrected chi connectivity index (χ4v) is 1.39. The van der Waals surface area contributed by atoms with Crippen LogP contribution in [-0.4, -0.2) is 26.1 Å². The van der Waals surface area contributed by atoms with Gasteiger partial charge in [0.05, 0.1) is 6.20 Å². The minimum absolute atomic E-state index is 0.0203. The molecule has 0 saturated carbocycles. The van der Waals surface area contributed by atoms with Crippen molar-refractivity contribution in [3.8, 4) is 0 Å². The van der Waals surface area contributed by atoms with Crippen molar-refractivity contribution in [2.45, 2.75) is 13.0 Å². The Morgan fingerprint density at radius 3 is 2.69 bits per heavy atom. The normalized spacial score (nSPS) is 10.2. The van der Waals surface area contributed by atoms with Crippen LogP contribution in [0.3, 0.4) is 0 Å². The van der Waals surface area contributed by atoms with E-state index in [1.165, 1.54) is 16.4 Å². The summed E-state index contributed by atoms with van der Waals surface area (Å²) in [6.07, 6.45) is 2.24. The number of hydrogen-bond donors (Lipinski definition) is 1. The minimum Gasteiger partial charge on any atom is -0.476 e. The van der Waals surface area contributed by atoms with E-state index in [2.05, 4.69) is 10.3 Å². The molecule has 0 unspecified atom stereocenters. The van der Waals surface area contributed by atoms with E-state index in [1.807, 2.05) is 30.3 Å². The largest absolute Gasteiger partial charge is 0.476 e. The van der Waals surface area contributed by atoms with Gasteiger partial charge in [0.25, 0.3) is 0 Å². The van der Waals surface area contributed by atoms with Gasteiger partial charge in [-0.15, -0.1) is 5.10 Å². The Balaban J connectivity index is 1.97. The van der Waals surface area contributed by atoms with E-state index in [-0.39, 0.29) is 5.69 Å². The van der Waals surface area contributed by atoms with Crippen LogP contribution >= 0.6 is 0 Å². The van der Waals surface area contributed by atoms with Gasteiger partial charge in [-0.3, -0.25) is 4.68 Å². The van der Waals surface area contributed by atoms with Gasteiger partial charge in [-0.1, -0.05) is 35.5 Å². The van der Waals surface area contributed by atoms with E-state index in [0.717, 1.165) is 6.42 Å². The third-order valence-corrected chi connectivity index (χ3v) is 2.23. The Hall–Kier alpha value is -2.17. The Kier molecular flexibility index (Phi) is 2.95. The molecule has 2 aromatic rings. The summed E-state index contributed by atoms with van der Waals surface area (Å²) < 4.78 is 1.54. The van der Waals surface area contributed by atoms with Crippen molar-refractivity contribution in [3.05, 3.63) is 47.8 Å². The summed E-state index contributed by atoms with van der Waals surface area (Å²) in [5.41, 5.74) is 1.17. The molecule has 0 bridgehead atoms. The van der Waals surface area contributed by atoms with Crippen LogP contribution in [0.15, 0.2) is 36.5 Å². The maximum absolute atomic E-state index is 10.6. The molecule has 1 aromatic carbocycles. The van der Waals surface area contributed by atoms with Crippen LogP contribution < -0.4 is 0 Å². The quantitative estimate of drug-likeness (QED) is 0.836. The van der Waals surface area contributed by atoms with Gasteiger partial charge in [-0.25, -0.2) is 4.79 Å². The Morgan fingerprint density at radius 2 is 2.06 bits per heavy atom. The zero-order chi connectivity index (χ0) is 11.4. The topological polar surface area (TPSA) is 68.0 Å². The molecule has 16 heavy (non-hydrogen) atoms. The van der Waals surface area contributed by atoms with Crippen molar-refractivity contribution in [2.24, 2.45) is 0 Å². The average Bonchev–Trinajstić information content (AvgIpc) is 2.76. The molecule has 0 fully saturated rings. The first-order valence-corrected chi connectivity index (χ1v) is 4.93. The molecule has 1 N–H and O–H groups in total. The van der Waals surface area contributed by atoms with E-state index in [1.54, 1.807) is 0 Å². The van der Waals surface area contributed by atoms with Gasteiger partial charge in [0, 0.05) is 6.54 Å². The molecule has 0 amide bonds. The van der Waals surface area contributed by atoms with Crippen LogP contribution in [-0.2, 0) is 13.0 Å². The number of hydrogen-bond acceptors (Lipinski definition) is 3. The Bertz CT molecular complexity index is 479. The maximum atomic E-state index is 10.6. The van der Waals surface area contributed by atoms with Gasteiger partial charge < -0.3 is 5.11 Å². The molecule has 1 aromatic heterocycles. The molecule has 0 aliphatic heterocycles. The summed E-state index contributed by atoms with van der Waals surface area (Å²) in [4.78, 5) is 10.6. The zero-order valence-electron chi connectivity index (χ0n) is 8.58. The van der Waals surface area contributed by atoms with Crippen LogP contribution in [0.1, 0.15) is 16.1 Å². The maximum Gasteiger partial charge on any atom is 0.358 e. The lowest BCUT2D eigenvalue weighted by Crippen LogP contribution is -2.02. The molecule has 2 rings (SSSR count). The Labute approximate surface area is 92.3 Å². The predicted octanol–water partition coefficient (Wildman–Crippen LogP) is 1.22. The van der Waals surface area contributed by atoms with Gasteiger partial charge in [0.15, 0.2) is 5.69 Å². The van der Waals surface area contributed by atoms with Crippen LogP contribution in [0.25, 0.3) is 0 Å². The summed E-state index contributed by atoms with van der Waals surface area (Å²) in [6, 6.07) is 9.95. The van der Waals surface area contributed by atoms with Crippen molar-refractivity contribution in [2.75, 3.05) is 0 Å². The number of carboxylic acids is 1. The second-order valence-electron chi connectivity index (χ2n) is 3.41. The van der Waals surface area contributed by atoms with Gasteiger partial charge in [0.2, 0.25) is 0 Å². The SMILES string of the molecule is O=C(O)c1cn(CCc2ccccc2)nn1. The van der Waals surface area contributed by atoms with Crippen LogP contribution in [0, 0.1) is 0 Å². The number of nitrogens with zero attached hydrogens (tertiary/aromatic N) is 3. The van der Waals surface area contributed by atoms with E-state index in [0.29, 0.717) is 6.54 Å². The zero-order valence-corrected chi connectivity index (χ0v) is 8.58. The lowest BCUT2D eigenvalue weighted by Gasteiger charge is -2.00. The third-order valence-electron chi connectivity index (χ3n) is 2.23. The van der Waals surface area contributed by atoms with Crippen LogP contribution in [0.5, 0.6) is 0 Å². The molecular formula is C11H11N3O2. The molecule has 0 aliphatic carbocycles. The summed E-state index contributed by atoms with van der Waals surface area (Å²) in [7, 11) is 0. The van der Waals surface area contributed by atoms with E-state index in [4.69, 9.17) is 5.11 Å². The van der Waals surface area contributed by atoms with Crippen molar-refractivity contribution in [3.63, 3.8) is 0 Å². The molecule has 0 radical (unpaired) electrons. The number of carbonyl (C=O) groups is 1. The molecule has 0 saturated heterocycles. The molecule has 1 heterocycles. The summed E-state index contributed by atoms with van der Waals surface area (Å²) in [5.74, 6) is -1.05. The smallest absolute Gasteiger partial charge is 0.358 e. The molecule has 82 valence electrons. The highest BCUT2D eigenvalue weighted by atomic mass is 16.4. The highest BCUT2D eigenvalue weighted by Gasteiger charge is 2.07. The number of aryl methyl sites for hydroxylation is 2. The standard InChI is InChI=1S/C11H11N3O2/c15-11(16)10-8-14(13-12-10)7-6-9-4-2-1-3-5-9/h1-5,8H,6-7H2,(H,15,16). The summed E-state index contributed by atoms with van der Waals surface area (Å²) >= 11 is 0. The fourth-order valence-electron chi connectivity index (χ4n) is 1.39. The molecular weight excluding hydrogens is 206 g/mol. The van der Waals surface area contributed by atoms with Crippen LogP contribution in [0.2, 0.25) is 0 Å². The van der Waals surface area contributed by atoms with Gasteiger partial charge in [0.1, 0.15) is 0 Å². The van der Waals surface area contributed by atoms with Crippen molar-refractivity contribution < 1.29 is 9.90 Å². The summed E-state index contributed by atoms with van der Waals surface area (Å²) in [5, 5.41) is 15.9. The first kappa shape index (κ1) is 10.4. The number of carboxylic acid groups (broad SMARTS) is 1. The second kappa shape index (κ2) is 4.57. The summed E-state index contributed by atoms with van der Waals surface area (Å²) in [6.45, 7) is 0.629. The first-order valence-electron chi connectivity index (χ1n) is 4.93. The highest BCUT2D eigenvalue weighted by molar-refractivity contribution is 5.84. The van der Waals surface area contributed by atoms with E-state index < -0.39 is 5.97 Å². The highest BCUT2D eigenvalue weighted by Crippen LogP contribution is 2.01. The molecule has 0 atom stereocenters. The van der Waals surface area contributed by atoms with Crippen molar-refractivity contribution in [1.29, 1.82) is 0 Å².